The molecule has 1 unspecified atom stereocenters. The number of benzene rings is 2. The van der Waals surface area contributed by atoms with Crippen molar-refractivity contribution in [3.05, 3.63) is 36.4 Å². The highest BCUT2D eigenvalue weighted by Crippen LogP contribution is 2.48. The first-order valence-corrected chi connectivity index (χ1v) is 7.96. The van der Waals surface area contributed by atoms with Gasteiger partial charge in [-0.1, -0.05) is 24.3 Å². The summed E-state index contributed by atoms with van der Waals surface area (Å²) in [6.45, 7) is 0. The fraction of sp³-hybridized carbons (Fsp3) is 0. The maximum absolute atomic E-state index is 11.6. The van der Waals surface area contributed by atoms with Crippen molar-refractivity contribution in [3.8, 4) is 0 Å². The van der Waals surface area contributed by atoms with Gasteiger partial charge in [-0.25, -0.2) is 4.21 Å². The summed E-state index contributed by atoms with van der Waals surface area (Å²) in [7, 11) is 2.16. The molecule has 0 aliphatic carbocycles. The molecule has 2 aromatic rings. The second-order valence-electron chi connectivity index (χ2n) is 3.03. The normalized spacial score (nSPS) is 19.9. The summed E-state index contributed by atoms with van der Waals surface area (Å²) in [5.41, 5.74) is 0. The van der Waals surface area contributed by atoms with Gasteiger partial charge < -0.3 is 0 Å². The molecule has 14 heavy (non-hydrogen) atoms. The van der Waals surface area contributed by atoms with Gasteiger partial charge in [0, 0.05) is 14.7 Å². The zero-order valence-corrected chi connectivity index (χ0v) is 9.55. The maximum Gasteiger partial charge on any atom is 0.125 e. The molecule has 1 heterocycles. The van der Waals surface area contributed by atoms with Crippen LogP contribution in [0.15, 0.2) is 46.2 Å². The standard InChI is InChI=1S/C10H6OS3/c11-14-10-6-8-4-2-1-3-7(8)5-9(10)12-13-14/h1-6H. The van der Waals surface area contributed by atoms with E-state index in [4.69, 9.17) is 0 Å². The van der Waals surface area contributed by atoms with Crippen LogP contribution < -0.4 is 0 Å². The predicted molar refractivity (Wildman–Crippen MR) is 63.8 cm³/mol. The molecular weight excluding hydrogens is 232 g/mol. The lowest BCUT2D eigenvalue weighted by molar-refractivity contribution is 0.691. The van der Waals surface area contributed by atoms with E-state index in [2.05, 4.69) is 18.2 Å². The molecule has 1 aliphatic heterocycles. The quantitative estimate of drug-likeness (QED) is 0.653. The van der Waals surface area contributed by atoms with Crippen LogP contribution in [0.25, 0.3) is 10.8 Å². The van der Waals surface area contributed by atoms with Gasteiger partial charge in [-0.15, -0.1) is 0 Å². The molecule has 0 saturated heterocycles. The number of rotatable bonds is 0. The van der Waals surface area contributed by atoms with Crippen molar-refractivity contribution in [1.29, 1.82) is 0 Å². The van der Waals surface area contributed by atoms with Crippen LogP contribution in [0.4, 0.5) is 0 Å². The van der Waals surface area contributed by atoms with Gasteiger partial charge in [-0.05, 0) is 33.7 Å². The molecular formula is C10H6OS3. The largest absolute Gasteiger partial charge is 0.242 e. The lowest BCUT2D eigenvalue weighted by Gasteiger charge is -1.99. The molecule has 2 aromatic carbocycles. The Morgan fingerprint density at radius 2 is 1.79 bits per heavy atom. The van der Waals surface area contributed by atoms with E-state index < -0.39 is 9.83 Å². The third kappa shape index (κ3) is 1.29. The van der Waals surface area contributed by atoms with E-state index >= 15 is 0 Å². The highest BCUT2D eigenvalue weighted by Gasteiger charge is 2.20. The summed E-state index contributed by atoms with van der Waals surface area (Å²) < 4.78 is 11.6. The Morgan fingerprint density at radius 3 is 2.57 bits per heavy atom. The second kappa shape index (κ2) is 3.29. The summed E-state index contributed by atoms with van der Waals surface area (Å²) in [4.78, 5) is 2.12. The summed E-state index contributed by atoms with van der Waals surface area (Å²) >= 11 is 0. The lowest BCUT2D eigenvalue weighted by Crippen LogP contribution is -1.81. The third-order valence-corrected chi connectivity index (χ3v) is 7.09. The molecule has 4 heteroatoms. The number of hydrogen-bond donors (Lipinski definition) is 0. The van der Waals surface area contributed by atoms with Crippen LogP contribution in [0.1, 0.15) is 0 Å². The molecule has 3 rings (SSSR count). The lowest BCUT2D eigenvalue weighted by atomic mass is 10.1. The SMILES string of the molecule is O=S1SSc2cc3ccccc3cc21. The first kappa shape index (κ1) is 8.83. The van der Waals surface area contributed by atoms with Gasteiger partial charge >= 0.3 is 0 Å². The summed E-state index contributed by atoms with van der Waals surface area (Å²) in [5.74, 6) is 0. The molecule has 70 valence electrons. The monoisotopic (exact) mass is 238 g/mol. The van der Waals surface area contributed by atoms with Gasteiger partial charge in [0.2, 0.25) is 0 Å². The second-order valence-corrected chi connectivity index (χ2v) is 7.73. The molecule has 0 bridgehead atoms. The summed E-state index contributed by atoms with van der Waals surface area (Å²) in [6.07, 6.45) is 0. The molecule has 0 radical (unpaired) electrons. The first-order valence-electron chi connectivity index (χ1n) is 4.14. The fourth-order valence-corrected chi connectivity index (χ4v) is 6.47. The minimum Gasteiger partial charge on any atom is -0.242 e. The van der Waals surface area contributed by atoms with Gasteiger partial charge in [0.1, 0.15) is 9.83 Å². The minimum atomic E-state index is -0.874. The van der Waals surface area contributed by atoms with E-state index in [-0.39, 0.29) is 0 Å². The van der Waals surface area contributed by atoms with Crippen molar-refractivity contribution < 1.29 is 4.21 Å². The van der Waals surface area contributed by atoms with E-state index in [1.165, 1.54) is 20.6 Å². The van der Waals surface area contributed by atoms with E-state index in [1.54, 1.807) is 10.8 Å². The van der Waals surface area contributed by atoms with Crippen molar-refractivity contribution in [2.24, 2.45) is 0 Å². The van der Waals surface area contributed by atoms with Crippen molar-refractivity contribution in [1.82, 2.24) is 0 Å². The Bertz CT molecular complexity index is 536. The molecule has 0 saturated carbocycles. The van der Waals surface area contributed by atoms with Crippen molar-refractivity contribution in [3.63, 3.8) is 0 Å². The maximum atomic E-state index is 11.6. The van der Waals surface area contributed by atoms with Crippen LogP contribution in [0, 0.1) is 0 Å². The topological polar surface area (TPSA) is 17.1 Å². The molecule has 1 aliphatic rings. The van der Waals surface area contributed by atoms with E-state index in [0.29, 0.717) is 0 Å². The smallest absolute Gasteiger partial charge is 0.125 e. The highest BCUT2D eigenvalue weighted by atomic mass is 33.5. The van der Waals surface area contributed by atoms with Crippen molar-refractivity contribution in [2.45, 2.75) is 9.79 Å². The minimum absolute atomic E-state index is 0.874. The fourth-order valence-electron chi connectivity index (χ4n) is 1.50. The highest BCUT2D eigenvalue weighted by molar-refractivity contribution is 9.06. The average Bonchev–Trinajstić information content (AvgIpc) is 2.57. The number of hydrogen-bond acceptors (Lipinski definition) is 3. The van der Waals surface area contributed by atoms with Gasteiger partial charge in [0.15, 0.2) is 0 Å². The zero-order valence-electron chi connectivity index (χ0n) is 7.10. The predicted octanol–water partition coefficient (Wildman–Crippen LogP) is 3.62. The molecule has 1 nitrogen and oxygen atoms in total. The molecule has 0 fully saturated rings. The molecule has 1 atom stereocenters. The molecule has 0 aromatic heterocycles. The third-order valence-electron chi connectivity index (χ3n) is 2.18. The Balaban J connectivity index is 2.38. The van der Waals surface area contributed by atoms with Crippen LogP contribution in [0.2, 0.25) is 0 Å². The molecule has 0 N–H and O–H groups in total. The van der Waals surface area contributed by atoms with Crippen LogP contribution in [0.3, 0.4) is 0 Å². The Hall–Kier alpha value is -0.450. The van der Waals surface area contributed by atoms with Crippen molar-refractivity contribution >= 4 is 41.2 Å². The average molecular weight is 238 g/mol. The number of fused-ring (bicyclic) bond motifs is 2. The molecule has 0 spiro atoms. The van der Waals surface area contributed by atoms with Crippen LogP contribution >= 0.6 is 20.6 Å². The van der Waals surface area contributed by atoms with Gasteiger partial charge in [0.25, 0.3) is 0 Å². The zero-order chi connectivity index (χ0) is 9.54. The Morgan fingerprint density at radius 1 is 1.07 bits per heavy atom. The van der Waals surface area contributed by atoms with Crippen LogP contribution in [-0.2, 0) is 9.83 Å². The summed E-state index contributed by atoms with van der Waals surface area (Å²) in [6, 6.07) is 12.3. The van der Waals surface area contributed by atoms with Crippen LogP contribution in [0.5, 0.6) is 0 Å². The van der Waals surface area contributed by atoms with Crippen LogP contribution in [-0.4, -0.2) is 4.21 Å². The van der Waals surface area contributed by atoms with Gasteiger partial charge in [-0.3, -0.25) is 0 Å². The van der Waals surface area contributed by atoms with Gasteiger partial charge in [0.05, 0.1) is 4.90 Å². The van der Waals surface area contributed by atoms with E-state index in [0.717, 1.165) is 9.79 Å². The molecule has 0 amide bonds. The Labute approximate surface area is 91.5 Å². The van der Waals surface area contributed by atoms with E-state index in [9.17, 15) is 4.21 Å². The van der Waals surface area contributed by atoms with Gasteiger partial charge in [-0.2, -0.15) is 0 Å². The van der Waals surface area contributed by atoms with Crippen molar-refractivity contribution in [2.75, 3.05) is 0 Å². The van der Waals surface area contributed by atoms with E-state index in [1.807, 2.05) is 18.2 Å². The summed E-state index contributed by atoms with van der Waals surface area (Å²) in [5, 5.41) is 2.39. The first-order chi connectivity index (χ1) is 6.84. The Kier molecular flexibility index (Phi) is 2.08.